The molecule has 0 aliphatic heterocycles. The van der Waals surface area contributed by atoms with Crippen molar-refractivity contribution >= 4 is 5.91 Å². The van der Waals surface area contributed by atoms with E-state index in [2.05, 4.69) is 4.98 Å². The van der Waals surface area contributed by atoms with Crippen LogP contribution in [0.3, 0.4) is 0 Å². The van der Waals surface area contributed by atoms with Crippen LogP contribution >= 0.6 is 0 Å². The van der Waals surface area contributed by atoms with Gasteiger partial charge in [-0.05, 0) is 44.4 Å². The number of nitrogens with zero attached hydrogens (tertiary/aromatic N) is 2. The highest BCUT2D eigenvalue weighted by atomic mass is 16.2. The zero-order valence-electron chi connectivity index (χ0n) is 12.3. The number of nitrogens with two attached hydrogens (primary N) is 1. The van der Waals surface area contributed by atoms with Crippen LogP contribution in [0.5, 0.6) is 0 Å². The van der Waals surface area contributed by atoms with Gasteiger partial charge in [0.2, 0.25) is 0 Å². The number of rotatable bonds is 5. The van der Waals surface area contributed by atoms with Crippen LogP contribution in [0.4, 0.5) is 0 Å². The van der Waals surface area contributed by atoms with Gasteiger partial charge in [-0.15, -0.1) is 0 Å². The Balaban J connectivity index is 2.16. The molecule has 1 saturated carbocycles. The van der Waals surface area contributed by atoms with Crippen LogP contribution in [0.15, 0.2) is 18.3 Å². The van der Waals surface area contributed by atoms with Gasteiger partial charge >= 0.3 is 0 Å². The molecule has 20 heavy (non-hydrogen) atoms. The molecule has 1 aliphatic carbocycles. The second kappa shape index (κ2) is 7.39. The molecule has 0 unspecified atom stereocenters. The summed E-state index contributed by atoms with van der Waals surface area (Å²) in [5.41, 5.74) is 7.16. The third-order valence-electron chi connectivity index (χ3n) is 4.09. The summed E-state index contributed by atoms with van der Waals surface area (Å²) in [5.74, 6) is 0.0726. The lowest BCUT2D eigenvalue weighted by Crippen LogP contribution is -2.43. The van der Waals surface area contributed by atoms with E-state index in [4.69, 9.17) is 5.73 Å². The molecule has 1 amide bonds. The van der Waals surface area contributed by atoms with Crippen LogP contribution in [0, 0.1) is 6.92 Å². The average molecular weight is 275 g/mol. The van der Waals surface area contributed by atoms with Gasteiger partial charge in [0.25, 0.3) is 5.91 Å². The predicted octanol–water partition coefficient (Wildman–Crippen LogP) is 2.51. The van der Waals surface area contributed by atoms with Gasteiger partial charge in [0, 0.05) is 18.8 Å². The number of carbonyl (C=O) groups is 1. The quantitative estimate of drug-likeness (QED) is 0.898. The van der Waals surface area contributed by atoms with Gasteiger partial charge in [0.05, 0.1) is 0 Å². The lowest BCUT2D eigenvalue weighted by molar-refractivity contribution is 0.0626. The van der Waals surface area contributed by atoms with Crippen molar-refractivity contribution in [3.05, 3.63) is 29.6 Å². The fourth-order valence-electron chi connectivity index (χ4n) is 2.95. The fraction of sp³-hybridized carbons (Fsp3) is 0.625. The number of pyridine rings is 1. The number of aromatic nitrogens is 1. The lowest BCUT2D eigenvalue weighted by atomic mass is 9.93. The summed E-state index contributed by atoms with van der Waals surface area (Å²) in [6, 6.07) is 4.18. The molecule has 1 aromatic heterocycles. The zero-order valence-corrected chi connectivity index (χ0v) is 12.3. The first-order valence-electron chi connectivity index (χ1n) is 7.66. The van der Waals surface area contributed by atoms with Crippen molar-refractivity contribution < 1.29 is 4.79 Å². The minimum absolute atomic E-state index is 0.0726. The first-order chi connectivity index (χ1) is 9.74. The lowest BCUT2D eigenvalue weighted by Gasteiger charge is -2.34. The second-order valence-corrected chi connectivity index (χ2v) is 5.60. The third kappa shape index (κ3) is 3.57. The van der Waals surface area contributed by atoms with E-state index < -0.39 is 0 Å². The van der Waals surface area contributed by atoms with Crippen molar-refractivity contribution in [2.24, 2.45) is 5.73 Å². The monoisotopic (exact) mass is 275 g/mol. The molecule has 1 fully saturated rings. The highest BCUT2D eigenvalue weighted by Crippen LogP contribution is 2.24. The highest BCUT2D eigenvalue weighted by molar-refractivity contribution is 5.93. The van der Waals surface area contributed by atoms with Gasteiger partial charge in [-0.2, -0.15) is 0 Å². The molecule has 0 aromatic carbocycles. The zero-order chi connectivity index (χ0) is 14.4. The molecule has 2 rings (SSSR count). The van der Waals surface area contributed by atoms with Gasteiger partial charge in [-0.3, -0.25) is 9.78 Å². The van der Waals surface area contributed by atoms with Crippen molar-refractivity contribution in [1.29, 1.82) is 0 Å². The molecule has 1 aromatic rings. The van der Waals surface area contributed by atoms with E-state index in [-0.39, 0.29) is 5.91 Å². The van der Waals surface area contributed by atoms with E-state index in [1.807, 2.05) is 24.0 Å². The van der Waals surface area contributed by atoms with E-state index in [1.165, 1.54) is 19.3 Å². The van der Waals surface area contributed by atoms with Crippen LogP contribution < -0.4 is 5.73 Å². The maximum absolute atomic E-state index is 12.8. The molecule has 2 N–H and O–H groups in total. The normalized spacial score (nSPS) is 16.1. The summed E-state index contributed by atoms with van der Waals surface area (Å²) in [7, 11) is 0. The van der Waals surface area contributed by atoms with E-state index in [0.717, 1.165) is 31.4 Å². The van der Waals surface area contributed by atoms with Crippen molar-refractivity contribution in [2.75, 3.05) is 13.1 Å². The fourth-order valence-corrected chi connectivity index (χ4v) is 2.95. The van der Waals surface area contributed by atoms with Crippen molar-refractivity contribution in [3.8, 4) is 0 Å². The van der Waals surface area contributed by atoms with Gasteiger partial charge in [-0.25, -0.2) is 0 Å². The Bertz CT molecular complexity index is 441. The van der Waals surface area contributed by atoms with Gasteiger partial charge in [0.15, 0.2) is 0 Å². The minimum atomic E-state index is 0.0726. The number of aryl methyl sites for hydroxylation is 1. The van der Waals surface area contributed by atoms with Crippen LogP contribution in [0.1, 0.15) is 54.6 Å². The minimum Gasteiger partial charge on any atom is -0.334 e. The number of carbonyl (C=O) groups excluding carboxylic acids is 1. The maximum Gasteiger partial charge on any atom is 0.272 e. The Labute approximate surface area is 121 Å². The van der Waals surface area contributed by atoms with E-state index in [9.17, 15) is 4.79 Å². The summed E-state index contributed by atoms with van der Waals surface area (Å²) in [5, 5.41) is 0. The summed E-state index contributed by atoms with van der Waals surface area (Å²) in [6.07, 6.45) is 8.51. The summed E-state index contributed by atoms with van der Waals surface area (Å²) < 4.78 is 0. The average Bonchev–Trinajstić information content (AvgIpc) is 2.49. The molecular weight excluding hydrogens is 250 g/mol. The molecule has 0 saturated heterocycles. The van der Waals surface area contributed by atoms with Crippen LogP contribution in [0.25, 0.3) is 0 Å². The SMILES string of the molecule is Cc1cccnc1C(=O)N(CCCN)C1CCCCC1. The van der Waals surface area contributed by atoms with Gasteiger partial charge < -0.3 is 10.6 Å². The smallest absolute Gasteiger partial charge is 0.272 e. The second-order valence-electron chi connectivity index (χ2n) is 5.60. The highest BCUT2D eigenvalue weighted by Gasteiger charge is 2.27. The number of hydrogen-bond donors (Lipinski definition) is 1. The van der Waals surface area contributed by atoms with Gasteiger partial charge in [0.1, 0.15) is 5.69 Å². The third-order valence-corrected chi connectivity index (χ3v) is 4.09. The Hall–Kier alpha value is -1.42. The molecule has 1 aliphatic rings. The van der Waals surface area contributed by atoms with E-state index in [1.54, 1.807) is 6.20 Å². The maximum atomic E-state index is 12.8. The number of amides is 1. The van der Waals surface area contributed by atoms with Crippen LogP contribution in [0.2, 0.25) is 0 Å². The molecular formula is C16H25N3O. The van der Waals surface area contributed by atoms with Crippen molar-refractivity contribution in [2.45, 2.75) is 51.5 Å². The summed E-state index contributed by atoms with van der Waals surface area (Å²) in [6.45, 7) is 3.32. The van der Waals surface area contributed by atoms with Crippen molar-refractivity contribution in [3.63, 3.8) is 0 Å². The predicted molar refractivity (Wildman–Crippen MR) is 80.6 cm³/mol. The summed E-state index contributed by atoms with van der Waals surface area (Å²) in [4.78, 5) is 19.1. The molecule has 110 valence electrons. The first kappa shape index (κ1) is 15.0. The number of hydrogen-bond acceptors (Lipinski definition) is 3. The van der Waals surface area contributed by atoms with E-state index >= 15 is 0 Å². The van der Waals surface area contributed by atoms with Gasteiger partial charge in [-0.1, -0.05) is 25.3 Å². The molecule has 0 bridgehead atoms. The standard InChI is InChI=1S/C16H25N3O/c1-13-7-5-11-18-15(13)16(20)19(12-6-10-17)14-8-3-2-4-9-14/h5,7,11,14H,2-4,6,8-10,12,17H2,1H3. The first-order valence-corrected chi connectivity index (χ1v) is 7.66. The Morgan fingerprint density at radius 3 is 2.80 bits per heavy atom. The van der Waals surface area contributed by atoms with Crippen molar-refractivity contribution in [1.82, 2.24) is 9.88 Å². The summed E-state index contributed by atoms with van der Waals surface area (Å²) >= 11 is 0. The molecule has 0 spiro atoms. The van der Waals surface area contributed by atoms with Crippen LogP contribution in [-0.2, 0) is 0 Å². The Morgan fingerprint density at radius 2 is 2.15 bits per heavy atom. The topological polar surface area (TPSA) is 59.2 Å². The molecule has 0 atom stereocenters. The Morgan fingerprint density at radius 1 is 1.40 bits per heavy atom. The van der Waals surface area contributed by atoms with Crippen LogP contribution in [-0.4, -0.2) is 34.9 Å². The molecule has 4 heteroatoms. The molecule has 4 nitrogen and oxygen atoms in total. The molecule has 1 heterocycles. The largest absolute Gasteiger partial charge is 0.334 e. The Kier molecular flexibility index (Phi) is 5.53. The molecule has 0 radical (unpaired) electrons. The van der Waals surface area contributed by atoms with E-state index in [0.29, 0.717) is 18.3 Å².